The molecule has 5 rings (SSSR count). The first kappa shape index (κ1) is 25.2. The standard InChI is InChI=1S/C31H37N5O/c1-36(2)30-27-13-6-7-14-28(27)34-31(35-30)33-26-17-15-22(16-18-26)20-32-21-23-9-8-12-25(19-23)29(37)24-10-4-3-5-11-24/h3-14,19,22,26,29,32,37H,15-18,20-21H2,1-2H3,(H,33,34,35). The Morgan fingerprint density at radius 1 is 0.865 bits per heavy atom. The Hall–Kier alpha value is -3.48. The quantitative estimate of drug-likeness (QED) is 0.283. The van der Waals surface area contributed by atoms with Gasteiger partial charge in [0.25, 0.3) is 0 Å². The molecule has 3 N–H and O–H groups in total. The van der Waals surface area contributed by atoms with Gasteiger partial charge in [-0.15, -0.1) is 0 Å². The van der Waals surface area contributed by atoms with Crippen molar-refractivity contribution in [1.29, 1.82) is 0 Å². The van der Waals surface area contributed by atoms with Gasteiger partial charge >= 0.3 is 0 Å². The molecule has 1 aliphatic rings. The molecule has 192 valence electrons. The Morgan fingerprint density at radius 2 is 1.59 bits per heavy atom. The molecule has 0 amide bonds. The predicted octanol–water partition coefficient (Wildman–Crippen LogP) is 5.54. The number of rotatable bonds is 9. The summed E-state index contributed by atoms with van der Waals surface area (Å²) >= 11 is 0. The van der Waals surface area contributed by atoms with E-state index in [0.29, 0.717) is 12.0 Å². The van der Waals surface area contributed by atoms with E-state index in [1.807, 2.05) is 68.7 Å². The number of aliphatic hydroxyl groups excluding tert-OH is 1. The van der Waals surface area contributed by atoms with Crippen LogP contribution in [0.2, 0.25) is 0 Å². The molecule has 1 saturated carbocycles. The van der Waals surface area contributed by atoms with Crippen LogP contribution in [0.25, 0.3) is 10.9 Å². The molecule has 1 unspecified atom stereocenters. The first-order valence-electron chi connectivity index (χ1n) is 13.3. The zero-order valence-corrected chi connectivity index (χ0v) is 21.8. The lowest BCUT2D eigenvalue weighted by molar-refractivity contribution is 0.220. The fourth-order valence-corrected chi connectivity index (χ4v) is 5.28. The van der Waals surface area contributed by atoms with Crippen LogP contribution in [0, 0.1) is 5.92 Å². The molecule has 6 nitrogen and oxygen atoms in total. The Labute approximate surface area is 219 Å². The smallest absolute Gasteiger partial charge is 0.225 e. The normalized spacial score (nSPS) is 18.5. The average molecular weight is 496 g/mol. The van der Waals surface area contributed by atoms with Gasteiger partial charge in [0.15, 0.2) is 0 Å². The van der Waals surface area contributed by atoms with Crippen molar-refractivity contribution in [3.63, 3.8) is 0 Å². The lowest BCUT2D eigenvalue weighted by Crippen LogP contribution is -2.31. The van der Waals surface area contributed by atoms with E-state index in [1.165, 1.54) is 18.4 Å². The molecule has 1 heterocycles. The van der Waals surface area contributed by atoms with Crippen LogP contribution in [-0.2, 0) is 6.54 Å². The van der Waals surface area contributed by atoms with Gasteiger partial charge in [0.05, 0.1) is 5.52 Å². The summed E-state index contributed by atoms with van der Waals surface area (Å²) in [6, 6.07) is 26.7. The number of aromatic nitrogens is 2. The van der Waals surface area contributed by atoms with Gasteiger partial charge in [-0.1, -0.05) is 66.7 Å². The molecule has 4 aromatic rings. The highest BCUT2D eigenvalue weighted by Crippen LogP contribution is 2.28. The molecule has 0 spiro atoms. The van der Waals surface area contributed by atoms with E-state index in [1.54, 1.807) is 0 Å². The maximum atomic E-state index is 10.7. The Bertz CT molecular complexity index is 1300. The highest BCUT2D eigenvalue weighted by molar-refractivity contribution is 5.90. The van der Waals surface area contributed by atoms with Crippen molar-refractivity contribution in [1.82, 2.24) is 15.3 Å². The second kappa shape index (κ2) is 11.7. The van der Waals surface area contributed by atoms with E-state index in [0.717, 1.165) is 59.7 Å². The summed E-state index contributed by atoms with van der Waals surface area (Å²) < 4.78 is 0. The number of anilines is 2. The monoisotopic (exact) mass is 495 g/mol. The molecule has 0 radical (unpaired) electrons. The number of benzene rings is 3. The maximum absolute atomic E-state index is 10.7. The van der Waals surface area contributed by atoms with Crippen LogP contribution >= 0.6 is 0 Å². The van der Waals surface area contributed by atoms with Crippen molar-refractivity contribution >= 4 is 22.7 Å². The fraction of sp³-hybridized carbons (Fsp3) is 0.355. The third-order valence-electron chi connectivity index (χ3n) is 7.33. The highest BCUT2D eigenvalue weighted by Gasteiger charge is 2.22. The van der Waals surface area contributed by atoms with Gasteiger partial charge in [0, 0.05) is 32.1 Å². The van der Waals surface area contributed by atoms with Gasteiger partial charge in [-0.2, -0.15) is 4.98 Å². The molecule has 3 aromatic carbocycles. The average Bonchev–Trinajstić information content (AvgIpc) is 2.94. The zero-order chi connectivity index (χ0) is 25.6. The summed E-state index contributed by atoms with van der Waals surface area (Å²) in [7, 11) is 4.05. The summed E-state index contributed by atoms with van der Waals surface area (Å²) in [6.07, 6.45) is 4.03. The number of hydrogen-bond acceptors (Lipinski definition) is 6. The van der Waals surface area contributed by atoms with Crippen LogP contribution in [0.15, 0.2) is 78.9 Å². The van der Waals surface area contributed by atoms with Gasteiger partial charge in [-0.25, -0.2) is 4.98 Å². The van der Waals surface area contributed by atoms with Crippen molar-refractivity contribution in [3.05, 3.63) is 95.6 Å². The molecule has 37 heavy (non-hydrogen) atoms. The minimum absolute atomic E-state index is 0.406. The van der Waals surface area contributed by atoms with E-state index >= 15 is 0 Å². The molecular weight excluding hydrogens is 458 g/mol. The van der Waals surface area contributed by atoms with E-state index in [4.69, 9.17) is 9.97 Å². The van der Waals surface area contributed by atoms with Gasteiger partial charge in [0.1, 0.15) is 11.9 Å². The van der Waals surface area contributed by atoms with Crippen LogP contribution in [0.5, 0.6) is 0 Å². The van der Waals surface area contributed by atoms with Crippen molar-refractivity contribution in [3.8, 4) is 0 Å². The lowest BCUT2D eigenvalue weighted by Gasteiger charge is -2.29. The fourth-order valence-electron chi connectivity index (χ4n) is 5.28. The van der Waals surface area contributed by atoms with Crippen LogP contribution in [-0.4, -0.2) is 41.8 Å². The lowest BCUT2D eigenvalue weighted by atomic mass is 9.86. The van der Waals surface area contributed by atoms with Gasteiger partial charge in [-0.05, 0) is 67.0 Å². The second-order valence-electron chi connectivity index (χ2n) is 10.3. The Kier molecular flexibility index (Phi) is 7.97. The number of para-hydroxylation sites is 1. The number of hydrogen-bond donors (Lipinski definition) is 3. The minimum Gasteiger partial charge on any atom is -0.384 e. The van der Waals surface area contributed by atoms with E-state index < -0.39 is 6.10 Å². The molecule has 0 aliphatic heterocycles. The predicted molar refractivity (Wildman–Crippen MR) is 152 cm³/mol. The zero-order valence-electron chi connectivity index (χ0n) is 21.8. The highest BCUT2D eigenvalue weighted by atomic mass is 16.3. The third kappa shape index (κ3) is 6.27. The molecule has 6 heteroatoms. The van der Waals surface area contributed by atoms with Crippen molar-refractivity contribution < 1.29 is 5.11 Å². The molecule has 0 saturated heterocycles. The maximum Gasteiger partial charge on any atom is 0.225 e. The largest absolute Gasteiger partial charge is 0.384 e. The molecule has 0 bridgehead atoms. The second-order valence-corrected chi connectivity index (χ2v) is 10.3. The van der Waals surface area contributed by atoms with Gasteiger partial charge in [-0.3, -0.25) is 0 Å². The third-order valence-corrected chi connectivity index (χ3v) is 7.33. The molecule has 1 aromatic heterocycles. The minimum atomic E-state index is -0.593. The van der Waals surface area contributed by atoms with Gasteiger partial charge < -0.3 is 20.6 Å². The molecular formula is C31H37N5O. The Balaban J connectivity index is 1.11. The Morgan fingerprint density at radius 3 is 2.38 bits per heavy atom. The molecule has 1 aliphatic carbocycles. The van der Waals surface area contributed by atoms with Crippen molar-refractivity contribution in [2.24, 2.45) is 5.92 Å². The van der Waals surface area contributed by atoms with Crippen LogP contribution < -0.4 is 15.5 Å². The summed E-state index contributed by atoms with van der Waals surface area (Å²) in [4.78, 5) is 11.6. The van der Waals surface area contributed by atoms with Crippen molar-refractivity contribution in [2.45, 2.75) is 44.4 Å². The van der Waals surface area contributed by atoms with Crippen molar-refractivity contribution in [2.75, 3.05) is 30.9 Å². The van der Waals surface area contributed by atoms with E-state index in [-0.39, 0.29) is 0 Å². The van der Waals surface area contributed by atoms with E-state index in [9.17, 15) is 5.11 Å². The SMILES string of the molecule is CN(C)c1nc(NC2CCC(CNCc3cccc(C(O)c4ccccc4)c3)CC2)nc2ccccc12. The number of nitrogens with one attached hydrogen (secondary N) is 2. The summed E-state index contributed by atoms with van der Waals surface area (Å²) in [5.74, 6) is 2.35. The van der Waals surface area contributed by atoms with Crippen LogP contribution in [0.4, 0.5) is 11.8 Å². The number of aliphatic hydroxyl groups is 1. The summed E-state index contributed by atoms with van der Waals surface area (Å²) in [6.45, 7) is 1.82. The number of nitrogens with zero attached hydrogens (tertiary/aromatic N) is 3. The summed E-state index contributed by atoms with van der Waals surface area (Å²) in [5.41, 5.74) is 4.03. The summed E-state index contributed by atoms with van der Waals surface area (Å²) in [5, 5.41) is 19.1. The first-order valence-corrected chi connectivity index (χ1v) is 13.3. The molecule has 1 fully saturated rings. The van der Waals surface area contributed by atoms with Gasteiger partial charge in [0.2, 0.25) is 5.95 Å². The molecule has 1 atom stereocenters. The van der Waals surface area contributed by atoms with E-state index in [2.05, 4.69) is 39.8 Å². The topological polar surface area (TPSA) is 73.3 Å². The first-order chi connectivity index (χ1) is 18.1. The van der Waals surface area contributed by atoms with Crippen LogP contribution in [0.1, 0.15) is 48.5 Å². The van der Waals surface area contributed by atoms with Crippen LogP contribution in [0.3, 0.4) is 0 Å². The number of fused-ring (bicyclic) bond motifs is 1.